The van der Waals surface area contributed by atoms with E-state index < -0.39 is 5.97 Å². The normalized spacial score (nSPS) is 10.3. The minimum Gasteiger partial charge on any atom is -0.465 e. The lowest BCUT2D eigenvalue weighted by molar-refractivity contribution is -0.116. The van der Waals surface area contributed by atoms with Crippen molar-refractivity contribution in [3.63, 3.8) is 0 Å². The van der Waals surface area contributed by atoms with E-state index in [0.717, 1.165) is 12.8 Å². The van der Waals surface area contributed by atoms with E-state index in [9.17, 15) is 9.59 Å². The standard InChI is InChI=1S/C19H29NO3/c1-3-4-5-6-7-8-9-10-15-18(21)20-17-14-12-11-13-16(17)19(22)23-2/h11-14H,3-10,15H2,1-2H3,(H,20,21). The molecule has 23 heavy (non-hydrogen) atoms. The maximum atomic E-state index is 12.0. The third kappa shape index (κ3) is 7.82. The Kier molecular flexibility index (Phi) is 9.76. The second-order valence-electron chi connectivity index (χ2n) is 5.81. The van der Waals surface area contributed by atoms with Gasteiger partial charge in [-0.2, -0.15) is 0 Å². The SMILES string of the molecule is CCCCCCCCCCC(=O)Nc1ccccc1C(=O)OC. The molecule has 4 nitrogen and oxygen atoms in total. The fourth-order valence-electron chi connectivity index (χ4n) is 2.51. The molecule has 1 N–H and O–H groups in total. The van der Waals surface area contributed by atoms with Crippen LogP contribution < -0.4 is 5.32 Å². The Balaban J connectivity index is 2.26. The lowest BCUT2D eigenvalue weighted by Gasteiger charge is -2.09. The van der Waals surface area contributed by atoms with Gasteiger partial charge in [-0.25, -0.2) is 4.79 Å². The summed E-state index contributed by atoms with van der Waals surface area (Å²) in [5.74, 6) is -0.486. The molecule has 0 saturated carbocycles. The minimum absolute atomic E-state index is 0.0488. The van der Waals surface area contributed by atoms with E-state index in [1.54, 1.807) is 24.3 Å². The molecule has 0 spiro atoms. The van der Waals surface area contributed by atoms with E-state index in [4.69, 9.17) is 4.74 Å². The number of amides is 1. The number of carbonyl (C=O) groups excluding carboxylic acids is 2. The summed E-state index contributed by atoms with van der Waals surface area (Å²) in [6.07, 6.45) is 10.1. The molecule has 0 aliphatic rings. The highest BCUT2D eigenvalue weighted by molar-refractivity contribution is 6.01. The number of hydrogen-bond acceptors (Lipinski definition) is 3. The fourth-order valence-corrected chi connectivity index (χ4v) is 2.51. The highest BCUT2D eigenvalue weighted by Gasteiger charge is 2.12. The molecular weight excluding hydrogens is 290 g/mol. The monoisotopic (exact) mass is 319 g/mol. The third-order valence-electron chi connectivity index (χ3n) is 3.86. The molecule has 0 radical (unpaired) electrons. The molecule has 0 bridgehead atoms. The zero-order chi connectivity index (χ0) is 16.9. The van der Waals surface area contributed by atoms with Gasteiger partial charge in [0.2, 0.25) is 5.91 Å². The summed E-state index contributed by atoms with van der Waals surface area (Å²) in [5.41, 5.74) is 0.906. The number of ether oxygens (including phenoxy) is 1. The second-order valence-corrected chi connectivity index (χ2v) is 5.81. The predicted octanol–water partition coefficient (Wildman–Crippen LogP) is 4.94. The van der Waals surface area contributed by atoms with Gasteiger partial charge in [-0.1, -0.05) is 64.0 Å². The van der Waals surface area contributed by atoms with Crippen molar-refractivity contribution >= 4 is 17.6 Å². The third-order valence-corrected chi connectivity index (χ3v) is 3.86. The molecule has 0 unspecified atom stereocenters. The number of carbonyl (C=O) groups is 2. The zero-order valence-electron chi connectivity index (χ0n) is 14.4. The van der Waals surface area contributed by atoms with Crippen molar-refractivity contribution in [1.29, 1.82) is 0 Å². The van der Waals surface area contributed by atoms with Crippen LogP contribution in [0.2, 0.25) is 0 Å². The van der Waals surface area contributed by atoms with Gasteiger partial charge in [0.1, 0.15) is 0 Å². The highest BCUT2D eigenvalue weighted by Crippen LogP contribution is 2.17. The Morgan fingerprint density at radius 3 is 2.22 bits per heavy atom. The van der Waals surface area contributed by atoms with Crippen molar-refractivity contribution < 1.29 is 14.3 Å². The Bertz CT molecular complexity index is 485. The molecule has 4 heteroatoms. The van der Waals surface area contributed by atoms with Crippen LogP contribution in [-0.4, -0.2) is 19.0 Å². The van der Waals surface area contributed by atoms with Crippen molar-refractivity contribution in [2.75, 3.05) is 12.4 Å². The molecule has 0 aliphatic heterocycles. The van der Waals surface area contributed by atoms with E-state index in [-0.39, 0.29) is 5.91 Å². The summed E-state index contributed by atoms with van der Waals surface area (Å²) < 4.78 is 4.72. The Hall–Kier alpha value is -1.84. The largest absolute Gasteiger partial charge is 0.465 e. The molecule has 1 aromatic carbocycles. The van der Waals surface area contributed by atoms with Crippen molar-refractivity contribution in [2.45, 2.75) is 64.7 Å². The smallest absolute Gasteiger partial charge is 0.339 e. The van der Waals surface area contributed by atoms with Gasteiger partial charge in [0, 0.05) is 6.42 Å². The van der Waals surface area contributed by atoms with Crippen LogP contribution in [0.4, 0.5) is 5.69 Å². The summed E-state index contributed by atoms with van der Waals surface area (Å²) in [5, 5.41) is 2.80. The van der Waals surface area contributed by atoms with Crippen LogP contribution in [0.3, 0.4) is 0 Å². The highest BCUT2D eigenvalue weighted by atomic mass is 16.5. The summed E-state index contributed by atoms with van der Waals surface area (Å²) in [4.78, 5) is 23.6. The minimum atomic E-state index is -0.437. The number of rotatable bonds is 11. The van der Waals surface area contributed by atoms with Crippen LogP contribution in [0.25, 0.3) is 0 Å². The van der Waals surface area contributed by atoms with Crippen LogP contribution in [0.1, 0.15) is 75.1 Å². The lowest BCUT2D eigenvalue weighted by Crippen LogP contribution is -2.14. The number of benzene rings is 1. The molecule has 0 heterocycles. The first-order valence-electron chi connectivity index (χ1n) is 8.66. The van der Waals surface area contributed by atoms with Crippen molar-refractivity contribution in [2.24, 2.45) is 0 Å². The van der Waals surface area contributed by atoms with E-state index in [2.05, 4.69) is 12.2 Å². The van der Waals surface area contributed by atoms with Gasteiger partial charge in [-0.15, -0.1) is 0 Å². The van der Waals surface area contributed by atoms with Crippen LogP contribution >= 0.6 is 0 Å². The predicted molar refractivity (Wildman–Crippen MR) is 93.6 cm³/mol. The molecule has 0 aromatic heterocycles. The van der Waals surface area contributed by atoms with Gasteiger partial charge in [-0.3, -0.25) is 4.79 Å². The number of methoxy groups -OCH3 is 1. The lowest BCUT2D eigenvalue weighted by atomic mass is 10.1. The molecule has 0 atom stereocenters. The van der Waals surface area contributed by atoms with Crippen molar-refractivity contribution in [1.82, 2.24) is 0 Å². The maximum Gasteiger partial charge on any atom is 0.339 e. The summed E-state index contributed by atoms with van der Waals surface area (Å²) in [7, 11) is 1.33. The maximum absolute atomic E-state index is 12.0. The Morgan fingerprint density at radius 1 is 0.957 bits per heavy atom. The number of hydrogen-bond donors (Lipinski definition) is 1. The van der Waals surface area contributed by atoms with Gasteiger partial charge < -0.3 is 10.1 Å². The van der Waals surface area contributed by atoms with E-state index in [1.807, 2.05) is 0 Å². The van der Waals surface area contributed by atoms with E-state index >= 15 is 0 Å². The van der Waals surface area contributed by atoms with Crippen molar-refractivity contribution in [3.8, 4) is 0 Å². The molecule has 128 valence electrons. The number of unbranched alkanes of at least 4 members (excludes halogenated alkanes) is 7. The van der Waals surface area contributed by atoms with Crippen LogP contribution in [0, 0.1) is 0 Å². The quantitative estimate of drug-likeness (QED) is 0.464. The molecule has 0 aliphatic carbocycles. The first kappa shape index (κ1) is 19.2. The summed E-state index contributed by atoms with van der Waals surface area (Å²) in [6.45, 7) is 2.22. The van der Waals surface area contributed by atoms with Crippen LogP contribution in [-0.2, 0) is 9.53 Å². The van der Waals surface area contributed by atoms with Crippen LogP contribution in [0.5, 0.6) is 0 Å². The van der Waals surface area contributed by atoms with Crippen molar-refractivity contribution in [3.05, 3.63) is 29.8 Å². The molecular formula is C19H29NO3. The van der Waals surface area contributed by atoms with E-state index in [1.165, 1.54) is 45.6 Å². The summed E-state index contributed by atoms with van der Waals surface area (Å²) in [6, 6.07) is 6.91. The molecule has 1 amide bonds. The fraction of sp³-hybridized carbons (Fsp3) is 0.579. The molecule has 0 saturated heterocycles. The van der Waals surface area contributed by atoms with Gasteiger partial charge in [0.25, 0.3) is 0 Å². The number of anilines is 1. The van der Waals surface area contributed by atoms with Gasteiger partial charge in [-0.05, 0) is 18.6 Å². The van der Waals surface area contributed by atoms with Crippen LogP contribution in [0.15, 0.2) is 24.3 Å². The summed E-state index contributed by atoms with van der Waals surface area (Å²) >= 11 is 0. The van der Waals surface area contributed by atoms with E-state index in [0.29, 0.717) is 17.7 Å². The first-order valence-corrected chi connectivity index (χ1v) is 8.66. The first-order chi connectivity index (χ1) is 11.2. The molecule has 1 aromatic rings. The van der Waals surface area contributed by atoms with Gasteiger partial charge in [0.05, 0.1) is 18.4 Å². The molecule has 1 rings (SSSR count). The zero-order valence-corrected chi connectivity index (χ0v) is 14.4. The average molecular weight is 319 g/mol. The number of para-hydroxylation sites is 1. The Labute approximate surface area is 139 Å². The number of nitrogens with one attached hydrogen (secondary N) is 1. The molecule has 0 fully saturated rings. The topological polar surface area (TPSA) is 55.4 Å². The number of esters is 1. The Morgan fingerprint density at radius 2 is 1.57 bits per heavy atom. The average Bonchev–Trinajstić information content (AvgIpc) is 2.57. The second kappa shape index (κ2) is 11.7. The van der Waals surface area contributed by atoms with Gasteiger partial charge in [0.15, 0.2) is 0 Å². The van der Waals surface area contributed by atoms with Gasteiger partial charge >= 0.3 is 5.97 Å².